The maximum atomic E-state index is 5.72. The molecule has 1 aliphatic rings. The van der Waals surface area contributed by atoms with E-state index in [0.29, 0.717) is 18.4 Å². The molecule has 3 rings (SSSR count). The van der Waals surface area contributed by atoms with Gasteiger partial charge in [0.25, 0.3) is 0 Å². The van der Waals surface area contributed by atoms with Crippen LogP contribution in [0.4, 0.5) is 0 Å². The molecule has 2 aromatic rings. The fourth-order valence-electron chi connectivity index (χ4n) is 2.36. The second kappa shape index (κ2) is 8.08. The number of rotatable bonds is 7. The molecule has 0 aliphatic carbocycles. The van der Waals surface area contributed by atoms with Crippen molar-refractivity contribution in [3.63, 3.8) is 0 Å². The topological polar surface area (TPSA) is 66.6 Å². The Kier molecular flexibility index (Phi) is 5.60. The Morgan fingerprint density at radius 3 is 2.65 bits per heavy atom. The molecule has 124 valence electrons. The summed E-state index contributed by atoms with van der Waals surface area (Å²) >= 11 is 0. The molecule has 1 aromatic carbocycles. The van der Waals surface area contributed by atoms with Gasteiger partial charge in [0.05, 0.1) is 19.8 Å². The van der Waals surface area contributed by atoms with Crippen LogP contribution in [0.15, 0.2) is 28.7 Å². The van der Waals surface area contributed by atoms with Crippen LogP contribution in [0.1, 0.15) is 32.1 Å². The van der Waals surface area contributed by atoms with E-state index in [-0.39, 0.29) is 6.29 Å². The lowest BCUT2D eigenvalue weighted by molar-refractivity contribution is -0.183. The SMILES string of the molecule is CCCc1nnc(-c2ccc(OCCC3OCCCO3)cc2)o1. The molecule has 2 heterocycles. The Balaban J connectivity index is 1.50. The average Bonchev–Trinajstić information content (AvgIpc) is 3.06. The van der Waals surface area contributed by atoms with Crippen LogP contribution < -0.4 is 4.74 Å². The van der Waals surface area contributed by atoms with Crippen molar-refractivity contribution in [3.8, 4) is 17.2 Å². The summed E-state index contributed by atoms with van der Waals surface area (Å²) in [6.07, 6.45) is 3.35. The lowest BCUT2D eigenvalue weighted by Gasteiger charge is -2.23. The second-order valence-electron chi connectivity index (χ2n) is 5.44. The molecule has 0 amide bonds. The summed E-state index contributed by atoms with van der Waals surface area (Å²) in [6.45, 7) is 4.18. The number of ether oxygens (including phenoxy) is 3. The van der Waals surface area contributed by atoms with Crippen LogP contribution in [0.3, 0.4) is 0 Å². The smallest absolute Gasteiger partial charge is 0.247 e. The molecule has 0 saturated carbocycles. The molecule has 23 heavy (non-hydrogen) atoms. The van der Waals surface area contributed by atoms with Crippen molar-refractivity contribution in [2.45, 2.75) is 38.9 Å². The van der Waals surface area contributed by atoms with Gasteiger partial charge in [-0.3, -0.25) is 0 Å². The Morgan fingerprint density at radius 2 is 1.91 bits per heavy atom. The van der Waals surface area contributed by atoms with Crippen molar-refractivity contribution in [1.82, 2.24) is 10.2 Å². The summed E-state index contributed by atoms with van der Waals surface area (Å²) in [5.74, 6) is 2.03. The zero-order valence-corrected chi connectivity index (χ0v) is 13.4. The third-order valence-corrected chi connectivity index (χ3v) is 3.55. The van der Waals surface area contributed by atoms with E-state index < -0.39 is 0 Å². The average molecular weight is 318 g/mol. The van der Waals surface area contributed by atoms with E-state index in [4.69, 9.17) is 18.6 Å². The van der Waals surface area contributed by atoms with E-state index in [0.717, 1.165) is 50.2 Å². The first-order valence-electron chi connectivity index (χ1n) is 8.14. The van der Waals surface area contributed by atoms with E-state index in [1.807, 2.05) is 24.3 Å². The van der Waals surface area contributed by atoms with Gasteiger partial charge in [-0.15, -0.1) is 10.2 Å². The highest BCUT2D eigenvalue weighted by atomic mass is 16.7. The molecule has 6 nitrogen and oxygen atoms in total. The molecule has 1 fully saturated rings. The maximum absolute atomic E-state index is 5.72. The zero-order chi connectivity index (χ0) is 15.9. The highest BCUT2D eigenvalue weighted by Crippen LogP contribution is 2.22. The molecule has 6 heteroatoms. The van der Waals surface area contributed by atoms with Crippen LogP contribution in [-0.4, -0.2) is 36.3 Å². The van der Waals surface area contributed by atoms with Crippen LogP contribution in [-0.2, 0) is 15.9 Å². The molecule has 0 bridgehead atoms. The summed E-state index contributed by atoms with van der Waals surface area (Å²) in [5.41, 5.74) is 0.895. The number of aromatic nitrogens is 2. The third kappa shape index (κ3) is 4.53. The van der Waals surface area contributed by atoms with Gasteiger partial charge in [-0.25, -0.2) is 0 Å². The van der Waals surface area contributed by atoms with Gasteiger partial charge in [-0.1, -0.05) is 6.92 Å². The molecule has 0 N–H and O–H groups in total. The predicted molar refractivity (Wildman–Crippen MR) is 84.2 cm³/mol. The minimum atomic E-state index is -0.140. The van der Waals surface area contributed by atoms with E-state index in [1.165, 1.54) is 0 Å². The number of hydrogen-bond acceptors (Lipinski definition) is 6. The van der Waals surface area contributed by atoms with Crippen LogP contribution in [0, 0.1) is 0 Å². The van der Waals surface area contributed by atoms with Crippen LogP contribution in [0.5, 0.6) is 5.75 Å². The highest BCUT2D eigenvalue weighted by Gasteiger charge is 2.14. The molecule has 1 aliphatic heterocycles. The molecule has 1 aromatic heterocycles. The normalized spacial score (nSPS) is 15.7. The van der Waals surface area contributed by atoms with Crippen molar-refractivity contribution in [3.05, 3.63) is 30.2 Å². The van der Waals surface area contributed by atoms with Crippen LogP contribution in [0.2, 0.25) is 0 Å². The van der Waals surface area contributed by atoms with Crippen molar-refractivity contribution < 1.29 is 18.6 Å². The van der Waals surface area contributed by atoms with Gasteiger partial charge < -0.3 is 18.6 Å². The minimum absolute atomic E-state index is 0.140. The Bertz CT molecular complexity index is 591. The number of hydrogen-bond donors (Lipinski definition) is 0. The monoisotopic (exact) mass is 318 g/mol. The third-order valence-electron chi connectivity index (χ3n) is 3.55. The minimum Gasteiger partial charge on any atom is -0.493 e. The molecule has 0 radical (unpaired) electrons. The molecule has 0 unspecified atom stereocenters. The van der Waals surface area contributed by atoms with Gasteiger partial charge in [0, 0.05) is 18.4 Å². The van der Waals surface area contributed by atoms with E-state index in [2.05, 4.69) is 17.1 Å². The second-order valence-corrected chi connectivity index (χ2v) is 5.44. The van der Waals surface area contributed by atoms with E-state index >= 15 is 0 Å². The molecule has 0 spiro atoms. The largest absolute Gasteiger partial charge is 0.493 e. The predicted octanol–water partition coefficient (Wildman–Crippen LogP) is 3.22. The number of nitrogens with zero attached hydrogens (tertiary/aromatic N) is 2. The first-order chi connectivity index (χ1) is 11.3. The Hall–Kier alpha value is -1.92. The first-order valence-corrected chi connectivity index (χ1v) is 8.14. The number of aryl methyl sites for hydroxylation is 1. The van der Waals surface area contributed by atoms with Gasteiger partial charge in [-0.05, 0) is 37.1 Å². The fraction of sp³-hybridized carbons (Fsp3) is 0.529. The molecule has 1 saturated heterocycles. The van der Waals surface area contributed by atoms with Crippen molar-refractivity contribution >= 4 is 0 Å². The fourth-order valence-corrected chi connectivity index (χ4v) is 2.36. The molecule has 0 atom stereocenters. The first kappa shape index (κ1) is 16.0. The van der Waals surface area contributed by atoms with Crippen LogP contribution in [0.25, 0.3) is 11.5 Å². The number of benzene rings is 1. The lowest BCUT2D eigenvalue weighted by Crippen LogP contribution is -2.26. The van der Waals surface area contributed by atoms with Crippen molar-refractivity contribution in [2.24, 2.45) is 0 Å². The van der Waals surface area contributed by atoms with Gasteiger partial charge in [0.15, 0.2) is 6.29 Å². The van der Waals surface area contributed by atoms with Gasteiger partial charge >= 0.3 is 0 Å². The molecular weight excluding hydrogens is 296 g/mol. The lowest BCUT2D eigenvalue weighted by atomic mass is 10.2. The van der Waals surface area contributed by atoms with E-state index in [9.17, 15) is 0 Å². The Morgan fingerprint density at radius 1 is 1.13 bits per heavy atom. The van der Waals surface area contributed by atoms with Crippen molar-refractivity contribution in [1.29, 1.82) is 0 Å². The summed E-state index contributed by atoms with van der Waals surface area (Å²) < 4.78 is 22.3. The summed E-state index contributed by atoms with van der Waals surface area (Å²) in [4.78, 5) is 0. The summed E-state index contributed by atoms with van der Waals surface area (Å²) in [5, 5.41) is 8.10. The maximum Gasteiger partial charge on any atom is 0.247 e. The standard InChI is InChI=1S/C17H22N2O4/c1-2-4-15-18-19-17(23-15)13-5-7-14(8-6-13)20-12-9-16-21-10-3-11-22-16/h5-8,16H,2-4,9-12H2,1H3. The quantitative estimate of drug-likeness (QED) is 0.781. The van der Waals surface area contributed by atoms with Gasteiger partial charge in [0.1, 0.15) is 5.75 Å². The zero-order valence-electron chi connectivity index (χ0n) is 13.4. The van der Waals surface area contributed by atoms with Gasteiger partial charge in [0.2, 0.25) is 11.8 Å². The molecular formula is C17H22N2O4. The van der Waals surface area contributed by atoms with Crippen molar-refractivity contribution in [2.75, 3.05) is 19.8 Å². The van der Waals surface area contributed by atoms with Crippen LogP contribution >= 0.6 is 0 Å². The summed E-state index contributed by atoms with van der Waals surface area (Å²) in [7, 11) is 0. The Labute approximate surface area is 135 Å². The summed E-state index contributed by atoms with van der Waals surface area (Å²) in [6, 6.07) is 7.65. The van der Waals surface area contributed by atoms with E-state index in [1.54, 1.807) is 0 Å². The highest BCUT2D eigenvalue weighted by molar-refractivity contribution is 5.53. The van der Waals surface area contributed by atoms with Gasteiger partial charge in [-0.2, -0.15) is 0 Å².